The van der Waals surface area contributed by atoms with Gasteiger partial charge in [0.15, 0.2) is 0 Å². The SMILES string of the molecule is Cl.O=C(c1ccc(-c2noc(C(F)(F)F)n2)cc1)N1CCC2(CCNC2)CC1. The summed E-state index contributed by atoms with van der Waals surface area (Å²) in [5.74, 6) is -1.61. The molecule has 0 bridgehead atoms. The summed E-state index contributed by atoms with van der Waals surface area (Å²) in [7, 11) is 0. The lowest BCUT2D eigenvalue weighted by Crippen LogP contribution is -2.44. The fourth-order valence-electron chi connectivity index (χ4n) is 3.81. The molecule has 0 atom stereocenters. The molecule has 2 aliphatic rings. The van der Waals surface area contributed by atoms with Crippen LogP contribution in [0.4, 0.5) is 13.2 Å². The first kappa shape index (κ1) is 20.6. The second kappa shape index (κ2) is 7.71. The lowest BCUT2D eigenvalue weighted by Gasteiger charge is -2.38. The van der Waals surface area contributed by atoms with Crippen LogP contribution in [0, 0.1) is 5.41 Å². The predicted octanol–water partition coefficient (Wildman–Crippen LogP) is 3.39. The van der Waals surface area contributed by atoms with Gasteiger partial charge in [0.25, 0.3) is 5.91 Å². The number of hydrogen-bond acceptors (Lipinski definition) is 5. The van der Waals surface area contributed by atoms with Gasteiger partial charge in [0, 0.05) is 30.8 Å². The summed E-state index contributed by atoms with van der Waals surface area (Å²) in [6.07, 6.45) is -1.53. The molecule has 0 unspecified atom stereocenters. The van der Waals surface area contributed by atoms with Gasteiger partial charge in [-0.1, -0.05) is 17.3 Å². The highest BCUT2D eigenvalue weighted by Crippen LogP contribution is 2.37. The summed E-state index contributed by atoms with van der Waals surface area (Å²) in [6, 6.07) is 6.24. The molecule has 152 valence electrons. The van der Waals surface area contributed by atoms with Crippen molar-refractivity contribution in [2.45, 2.75) is 25.4 Å². The Morgan fingerprint density at radius 1 is 1.14 bits per heavy atom. The van der Waals surface area contributed by atoms with Crippen molar-refractivity contribution in [2.75, 3.05) is 26.2 Å². The van der Waals surface area contributed by atoms with Crippen molar-refractivity contribution in [3.05, 3.63) is 35.7 Å². The summed E-state index contributed by atoms with van der Waals surface area (Å²) in [6.45, 7) is 3.51. The fraction of sp³-hybridized carbons (Fsp3) is 0.500. The van der Waals surface area contributed by atoms with E-state index in [-0.39, 0.29) is 24.1 Å². The molecule has 2 fully saturated rings. The number of nitrogens with one attached hydrogen (secondary N) is 1. The predicted molar refractivity (Wildman–Crippen MR) is 97.0 cm³/mol. The Kier molecular flexibility index (Phi) is 5.67. The molecular formula is C18H20ClF3N4O2. The number of piperidine rings is 1. The topological polar surface area (TPSA) is 71.3 Å². The molecular weight excluding hydrogens is 397 g/mol. The highest BCUT2D eigenvalue weighted by molar-refractivity contribution is 5.94. The van der Waals surface area contributed by atoms with E-state index >= 15 is 0 Å². The van der Waals surface area contributed by atoms with E-state index in [9.17, 15) is 18.0 Å². The maximum absolute atomic E-state index is 12.7. The van der Waals surface area contributed by atoms with E-state index in [1.54, 1.807) is 12.1 Å². The van der Waals surface area contributed by atoms with Crippen LogP contribution in [0.3, 0.4) is 0 Å². The fourth-order valence-corrected chi connectivity index (χ4v) is 3.81. The average molecular weight is 417 g/mol. The van der Waals surface area contributed by atoms with Crippen LogP contribution in [-0.2, 0) is 6.18 Å². The van der Waals surface area contributed by atoms with Gasteiger partial charge in [0.1, 0.15) is 0 Å². The number of likely N-dealkylation sites (tertiary alicyclic amines) is 1. The number of carbonyl (C=O) groups is 1. The molecule has 1 aromatic carbocycles. The average Bonchev–Trinajstić information content (AvgIpc) is 3.32. The normalized spacial score (nSPS) is 18.9. The van der Waals surface area contributed by atoms with Gasteiger partial charge in [-0.2, -0.15) is 18.2 Å². The van der Waals surface area contributed by atoms with Crippen LogP contribution >= 0.6 is 12.4 Å². The van der Waals surface area contributed by atoms with E-state index in [0.29, 0.717) is 16.5 Å². The second-order valence-corrected chi connectivity index (χ2v) is 7.22. The number of amides is 1. The van der Waals surface area contributed by atoms with Crippen molar-refractivity contribution >= 4 is 18.3 Å². The van der Waals surface area contributed by atoms with Gasteiger partial charge >= 0.3 is 12.1 Å². The Morgan fingerprint density at radius 3 is 2.36 bits per heavy atom. The van der Waals surface area contributed by atoms with Crippen molar-refractivity contribution < 1.29 is 22.5 Å². The van der Waals surface area contributed by atoms with Crippen molar-refractivity contribution in [2.24, 2.45) is 5.41 Å². The zero-order valence-electron chi connectivity index (χ0n) is 15.0. The molecule has 28 heavy (non-hydrogen) atoms. The Bertz CT molecular complexity index is 822. The molecule has 2 aromatic rings. The van der Waals surface area contributed by atoms with Gasteiger partial charge in [0.05, 0.1) is 0 Å². The van der Waals surface area contributed by atoms with Gasteiger partial charge in [-0.3, -0.25) is 4.79 Å². The monoisotopic (exact) mass is 416 g/mol. The number of nitrogens with zero attached hydrogens (tertiary/aromatic N) is 3. The third-order valence-corrected chi connectivity index (χ3v) is 5.50. The lowest BCUT2D eigenvalue weighted by molar-refractivity contribution is -0.159. The Hall–Kier alpha value is -2.13. The van der Waals surface area contributed by atoms with E-state index in [2.05, 4.69) is 20.0 Å². The molecule has 0 aliphatic carbocycles. The molecule has 6 nitrogen and oxygen atoms in total. The standard InChI is InChI=1S/C18H19F3N4O2.ClH/c19-18(20,21)16-23-14(24-27-16)12-1-3-13(4-2-12)15(26)25-9-6-17(7-10-25)5-8-22-11-17;/h1-4,22H,5-11H2;1H. The minimum Gasteiger partial charge on any atom is -0.339 e. The lowest BCUT2D eigenvalue weighted by atomic mass is 9.78. The molecule has 1 spiro atoms. The maximum atomic E-state index is 12.7. The van der Waals surface area contributed by atoms with E-state index in [4.69, 9.17) is 0 Å². The number of benzene rings is 1. The number of alkyl halides is 3. The van der Waals surface area contributed by atoms with Crippen LogP contribution in [0.15, 0.2) is 28.8 Å². The maximum Gasteiger partial charge on any atom is 0.471 e. The van der Waals surface area contributed by atoms with Gasteiger partial charge in [-0.25, -0.2) is 0 Å². The van der Waals surface area contributed by atoms with Gasteiger partial charge in [0.2, 0.25) is 5.82 Å². The number of hydrogen-bond donors (Lipinski definition) is 1. The highest BCUT2D eigenvalue weighted by Gasteiger charge is 2.39. The Morgan fingerprint density at radius 2 is 1.82 bits per heavy atom. The van der Waals surface area contributed by atoms with E-state index in [0.717, 1.165) is 45.4 Å². The second-order valence-electron chi connectivity index (χ2n) is 7.22. The Labute approximate surface area is 165 Å². The summed E-state index contributed by atoms with van der Waals surface area (Å²) in [4.78, 5) is 17.9. The first-order valence-electron chi connectivity index (χ1n) is 8.88. The third kappa shape index (κ3) is 4.00. The minimum absolute atomic E-state index is 0. The van der Waals surface area contributed by atoms with Crippen LogP contribution in [0.1, 0.15) is 35.5 Å². The zero-order valence-corrected chi connectivity index (χ0v) is 15.8. The molecule has 2 saturated heterocycles. The van der Waals surface area contributed by atoms with Gasteiger partial charge < -0.3 is 14.7 Å². The van der Waals surface area contributed by atoms with E-state index < -0.39 is 12.1 Å². The molecule has 0 radical (unpaired) electrons. The quantitative estimate of drug-likeness (QED) is 0.812. The van der Waals surface area contributed by atoms with Crippen molar-refractivity contribution in [1.82, 2.24) is 20.4 Å². The van der Waals surface area contributed by atoms with Crippen LogP contribution in [-0.4, -0.2) is 47.1 Å². The summed E-state index contributed by atoms with van der Waals surface area (Å²) >= 11 is 0. The van der Waals surface area contributed by atoms with E-state index in [1.165, 1.54) is 12.1 Å². The third-order valence-electron chi connectivity index (χ3n) is 5.50. The van der Waals surface area contributed by atoms with Gasteiger partial charge in [-0.05, 0) is 43.4 Å². The first-order chi connectivity index (χ1) is 12.9. The summed E-state index contributed by atoms with van der Waals surface area (Å²) < 4.78 is 41.9. The summed E-state index contributed by atoms with van der Waals surface area (Å²) in [5, 5.41) is 6.75. The largest absolute Gasteiger partial charge is 0.471 e. The molecule has 1 N–H and O–H groups in total. The van der Waals surface area contributed by atoms with Gasteiger partial charge in [-0.15, -0.1) is 12.4 Å². The van der Waals surface area contributed by atoms with Crippen LogP contribution in [0.5, 0.6) is 0 Å². The first-order valence-corrected chi connectivity index (χ1v) is 8.88. The number of aromatic nitrogens is 2. The van der Waals surface area contributed by atoms with Crippen molar-refractivity contribution in [1.29, 1.82) is 0 Å². The van der Waals surface area contributed by atoms with Crippen LogP contribution in [0.2, 0.25) is 0 Å². The van der Waals surface area contributed by atoms with Crippen molar-refractivity contribution in [3.8, 4) is 11.4 Å². The number of halogens is 4. The molecule has 1 amide bonds. The molecule has 4 rings (SSSR count). The Balaban J connectivity index is 0.00000225. The molecule has 0 saturated carbocycles. The minimum atomic E-state index is -4.68. The van der Waals surface area contributed by atoms with Crippen LogP contribution < -0.4 is 5.32 Å². The number of rotatable bonds is 2. The number of carbonyl (C=O) groups excluding carboxylic acids is 1. The van der Waals surface area contributed by atoms with Crippen molar-refractivity contribution in [3.63, 3.8) is 0 Å². The molecule has 10 heteroatoms. The molecule has 3 heterocycles. The van der Waals surface area contributed by atoms with E-state index in [1.807, 2.05) is 4.90 Å². The highest BCUT2D eigenvalue weighted by atomic mass is 35.5. The summed E-state index contributed by atoms with van der Waals surface area (Å²) in [5.41, 5.74) is 1.19. The smallest absolute Gasteiger partial charge is 0.339 e. The zero-order chi connectivity index (χ0) is 19.1. The molecule has 2 aliphatic heterocycles. The van der Waals surface area contributed by atoms with Crippen LogP contribution in [0.25, 0.3) is 11.4 Å². The molecule has 1 aromatic heterocycles.